The molecule has 1 saturated heterocycles. The molecule has 1 aromatic carbocycles. The molecule has 3 heterocycles. The predicted octanol–water partition coefficient (Wildman–Crippen LogP) is -0.323. The number of H-pyrrole nitrogens is 1. The molecule has 0 bridgehead atoms. The number of carbonyl (C=O) groups excluding carboxylic acids is 1. The summed E-state index contributed by atoms with van der Waals surface area (Å²) >= 11 is 0. The third-order valence-corrected chi connectivity index (χ3v) is 7.33. The number of hydrogen-bond acceptors (Lipinski definition) is 8. The lowest BCUT2D eigenvalue weighted by Gasteiger charge is -2.34. The number of aromatic nitrogens is 3. The van der Waals surface area contributed by atoms with Crippen molar-refractivity contribution in [3.8, 4) is 0 Å². The zero-order valence-electron chi connectivity index (χ0n) is 17.3. The minimum atomic E-state index is -3.88. The first kappa shape index (κ1) is 22.3. The molecule has 1 aliphatic heterocycles. The Balaban J connectivity index is 1.50. The number of nitro benzene ring substituents is 1. The van der Waals surface area contributed by atoms with Crippen LogP contribution in [0.3, 0.4) is 0 Å². The van der Waals surface area contributed by atoms with Gasteiger partial charge >= 0.3 is 5.69 Å². The minimum Gasteiger partial charge on any atom is -0.336 e. The summed E-state index contributed by atoms with van der Waals surface area (Å²) in [7, 11) is -2.43. The van der Waals surface area contributed by atoms with Crippen LogP contribution in [0.15, 0.2) is 51.0 Å². The normalized spacial score (nSPS) is 15.0. The number of carbonyl (C=O) groups is 1. The molecule has 14 heteroatoms. The summed E-state index contributed by atoms with van der Waals surface area (Å²) in [5.74, 6) is -0.426. The summed E-state index contributed by atoms with van der Waals surface area (Å²) in [6, 6.07) is 5.95. The second kappa shape index (κ2) is 8.22. The van der Waals surface area contributed by atoms with Crippen LogP contribution < -0.4 is 11.2 Å². The van der Waals surface area contributed by atoms with Crippen molar-refractivity contribution in [1.82, 2.24) is 23.7 Å². The number of amides is 1. The van der Waals surface area contributed by atoms with Crippen molar-refractivity contribution in [2.75, 3.05) is 26.2 Å². The number of nitrogens with one attached hydrogen (secondary N) is 1. The highest BCUT2D eigenvalue weighted by molar-refractivity contribution is 7.89. The molecule has 1 amide bonds. The third-order valence-electron chi connectivity index (χ3n) is 5.41. The van der Waals surface area contributed by atoms with Gasteiger partial charge < -0.3 is 4.90 Å². The number of pyridine rings is 1. The van der Waals surface area contributed by atoms with Gasteiger partial charge in [0.1, 0.15) is 5.65 Å². The second-order valence-corrected chi connectivity index (χ2v) is 9.30. The third kappa shape index (κ3) is 4.01. The largest absolute Gasteiger partial charge is 0.336 e. The maximum absolute atomic E-state index is 12.9. The van der Waals surface area contributed by atoms with Crippen molar-refractivity contribution >= 4 is 32.7 Å². The van der Waals surface area contributed by atoms with E-state index in [2.05, 4.69) is 9.97 Å². The quantitative estimate of drug-likeness (QED) is 0.396. The highest BCUT2D eigenvalue weighted by Gasteiger charge is 2.31. The fraction of sp³-hybridized carbons (Fsp3) is 0.263. The molecule has 0 spiro atoms. The Morgan fingerprint density at radius 1 is 1.12 bits per heavy atom. The molecule has 4 rings (SSSR count). The van der Waals surface area contributed by atoms with Gasteiger partial charge in [-0.1, -0.05) is 0 Å². The molecule has 3 aromatic rings. The number of aryl methyl sites for hydroxylation is 1. The van der Waals surface area contributed by atoms with Crippen LogP contribution in [0.2, 0.25) is 0 Å². The number of non-ortho nitro benzene ring substituents is 1. The van der Waals surface area contributed by atoms with E-state index in [9.17, 15) is 32.9 Å². The van der Waals surface area contributed by atoms with Crippen LogP contribution in [-0.2, 0) is 17.1 Å². The van der Waals surface area contributed by atoms with Gasteiger partial charge in [-0.25, -0.2) is 18.2 Å². The number of nitrogens with zero attached hydrogens (tertiary/aromatic N) is 5. The molecule has 172 valence electrons. The van der Waals surface area contributed by atoms with E-state index >= 15 is 0 Å². The first-order valence-electron chi connectivity index (χ1n) is 9.72. The molecular formula is C19H18N6O7S. The lowest BCUT2D eigenvalue weighted by Crippen LogP contribution is -2.50. The molecule has 0 atom stereocenters. The molecule has 33 heavy (non-hydrogen) atoms. The summed E-state index contributed by atoms with van der Waals surface area (Å²) in [6.45, 7) is 0.266. The number of hydrogen-bond donors (Lipinski definition) is 1. The number of rotatable bonds is 4. The molecule has 1 aliphatic rings. The van der Waals surface area contributed by atoms with Gasteiger partial charge in [-0.3, -0.25) is 29.3 Å². The van der Waals surface area contributed by atoms with E-state index in [1.807, 2.05) is 0 Å². The van der Waals surface area contributed by atoms with Gasteiger partial charge in [-0.2, -0.15) is 4.31 Å². The van der Waals surface area contributed by atoms with E-state index in [1.54, 1.807) is 0 Å². The van der Waals surface area contributed by atoms with E-state index in [-0.39, 0.29) is 53.4 Å². The fourth-order valence-corrected chi connectivity index (χ4v) is 4.98. The smallest absolute Gasteiger partial charge is 0.329 e. The van der Waals surface area contributed by atoms with Gasteiger partial charge in [-0.05, 0) is 18.2 Å². The van der Waals surface area contributed by atoms with Crippen LogP contribution in [-0.4, -0.2) is 69.2 Å². The first-order chi connectivity index (χ1) is 15.6. The molecule has 0 saturated carbocycles. The number of aromatic amines is 1. The summed E-state index contributed by atoms with van der Waals surface area (Å²) in [5, 5.41) is 10.9. The SMILES string of the molecule is Cn1c(=O)[nH]c(=O)c2cc(C(=O)N3CCN(S(=O)(=O)c4ccc([N+](=O)[O-])cc4)CC3)cnc21. The average molecular weight is 474 g/mol. The number of piperazine rings is 1. The van der Waals surface area contributed by atoms with Gasteiger partial charge in [0.2, 0.25) is 10.0 Å². The topological polar surface area (TPSA) is 169 Å². The van der Waals surface area contributed by atoms with Gasteiger partial charge in [0.25, 0.3) is 17.2 Å². The lowest BCUT2D eigenvalue weighted by atomic mass is 10.2. The Labute approximate surface area is 186 Å². The van der Waals surface area contributed by atoms with Crippen LogP contribution >= 0.6 is 0 Å². The molecule has 2 aromatic heterocycles. The Kier molecular flexibility index (Phi) is 5.55. The molecular weight excluding hydrogens is 456 g/mol. The standard InChI is InChI=1S/C19H18N6O7S/c1-22-16-15(17(26)21-19(22)28)10-12(11-20-16)18(27)23-6-8-24(9-7-23)33(31,32)14-4-2-13(3-5-14)25(29)30/h2-5,10-11H,6-9H2,1H3,(H,21,26,28). The van der Waals surface area contributed by atoms with Gasteiger partial charge in [0.15, 0.2) is 0 Å². The first-order valence-corrected chi connectivity index (χ1v) is 11.2. The maximum Gasteiger partial charge on any atom is 0.329 e. The molecule has 1 N–H and O–H groups in total. The van der Waals surface area contributed by atoms with Crippen molar-refractivity contribution in [1.29, 1.82) is 0 Å². The van der Waals surface area contributed by atoms with Crippen LogP contribution in [0.25, 0.3) is 11.0 Å². The Hall–Kier alpha value is -3.91. The highest BCUT2D eigenvalue weighted by atomic mass is 32.2. The Bertz CT molecular complexity index is 1490. The predicted molar refractivity (Wildman–Crippen MR) is 115 cm³/mol. The van der Waals surface area contributed by atoms with Crippen LogP contribution in [0.5, 0.6) is 0 Å². The lowest BCUT2D eigenvalue weighted by molar-refractivity contribution is -0.384. The van der Waals surface area contributed by atoms with Crippen molar-refractivity contribution in [3.63, 3.8) is 0 Å². The zero-order valence-corrected chi connectivity index (χ0v) is 18.1. The number of sulfonamides is 1. The monoisotopic (exact) mass is 474 g/mol. The Morgan fingerprint density at radius 3 is 2.36 bits per heavy atom. The minimum absolute atomic E-state index is 0.0289. The zero-order chi connectivity index (χ0) is 23.9. The van der Waals surface area contributed by atoms with E-state index in [4.69, 9.17) is 0 Å². The molecule has 0 unspecified atom stereocenters. The van der Waals surface area contributed by atoms with E-state index in [1.165, 1.54) is 40.6 Å². The number of fused-ring (bicyclic) bond motifs is 1. The van der Waals surface area contributed by atoms with Crippen molar-refractivity contribution < 1.29 is 18.1 Å². The summed E-state index contributed by atoms with van der Waals surface area (Å²) in [4.78, 5) is 54.5. The Morgan fingerprint density at radius 2 is 1.76 bits per heavy atom. The summed E-state index contributed by atoms with van der Waals surface area (Å²) in [5.41, 5.74) is -1.22. The molecule has 0 radical (unpaired) electrons. The van der Waals surface area contributed by atoms with Gasteiger partial charge in [0.05, 0.1) is 20.8 Å². The van der Waals surface area contributed by atoms with E-state index in [0.717, 1.165) is 16.7 Å². The van der Waals surface area contributed by atoms with Crippen LogP contribution in [0.1, 0.15) is 10.4 Å². The van der Waals surface area contributed by atoms with Crippen molar-refractivity contribution in [2.24, 2.45) is 7.05 Å². The number of benzene rings is 1. The van der Waals surface area contributed by atoms with Gasteiger partial charge in [0, 0.05) is 51.6 Å². The van der Waals surface area contributed by atoms with Crippen LogP contribution in [0.4, 0.5) is 5.69 Å². The van der Waals surface area contributed by atoms with Crippen molar-refractivity contribution in [2.45, 2.75) is 4.90 Å². The summed E-state index contributed by atoms with van der Waals surface area (Å²) in [6.07, 6.45) is 1.27. The van der Waals surface area contributed by atoms with Crippen LogP contribution in [0, 0.1) is 10.1 Å². The maximum atomic E-state index is 12.9. The fourth-order valence-electron chi connectivity index (χ4n) is 3.56. The van der Waals surface area contributed by atoms with Crippen molar-refractivity contribution in [3.05, 3.63) is 73.0 Å². The van der Waals surface area contributed by atoms with E-state index in [0.29, 0.717) is 0 Å². The average Bonchev–Trinajstić information content (AvgIpc) is 2.82. The molecule has 1 fully saturated rings. The highest BCUT2D eigenvalue weighted by Crippen LogP contribution is 2.21. The second-order valence-electron chi connectivity index (χ2n) is 7.36. The molecule has 13 nitrogen and oxygen atoms in total. The summed E-state index contributed by atoms with van der Waals surface area (Å²) < 4.78 is 28.0. The number of nitro groups is 1. The van der Waals surface area contributed by atoms with Gasteiger partial charge in [-0.15, -0.1) is 0 Å². The molecule has 0 aliphatic carbocycles. The van der Waals surface area contributed by atoms with E-state index < -0.39 is 32.1 Å².